The zero-order chi connectivity index (χ0) is 27.2. The van der Waals surface area contributed by atoms with Crippen molar-refractivity contribution in [2.45, 2.75) is 104 Å². The van der Waals surface area contributed by atoms with Gasteiger partial charge in [-0.3, -0.25) is 9.80 Å². The Morgan fingerprint density at radius 1 is 1.00 bits per heavy atom. The molecule has 1 saturated heterocycles. The molecular formula is C31H46N2O4. The lowest BCUT2D eigenvalue weighted by Gasteiger charge is -2.42. The van der Waals surface area contributed by atoms with Gasteiger partial charge in [0.2, 0.25) is 0 Å². The third-order valence-electron chi connectivity index (χ3n) is 7.16. The van der Waals surface area contributed by atoms with E-state index in [9.17, 15) is 9.90 Å². The number of amides is 1. The van der Waals surface area contributed by atoms with Crippen LogP contribution in [0.5, 0.6) is 0 Å². The molecule has 0 bridgehead atoms. The molecule has 0 aliphatic carbocycles. The van der Waals surface area contributed by atoms with Crippen LogP contribution >= 0.6 is 0 Å². The van der Waals surface area contributed by atoms with Gasteiger partial charge in [0.05, 0.1) is 24.3 Å². The van der Waals surface area contributed by atoms with Crippen LogP contribution in [0.1, 0.15) is 72.4 Å². The Kier molecular flexibility index (Phi) is 9.79. The summed E-state index contributed by atoms with van der Waals surface area (Å²) in [4.78, 5) is 17.8. The van der Waals surface area contributed by atoms with E-state index in [4.69, 9.17) is 9.47 Å². The van der Waals surface area contributed by atoms with Gasteiger partial charge in [-0.15, -0.1) is 0 Å². The van der Waals surface area contributed by atoms with Crippen LogP contribution in [-0.4, -0.2) is 57.1 Å². The highest BCUT2D eigenvalue weighted by atomic mass is 16.6. The lowest BCUT2D eigenvalue weighted by Crippen LogP contribution is -2.57. The second-order valence-corrected chi connectivity index (χ2v) is 11.8. The van der Waals surface area contributed by atoms with Crippen LogP contribution in [-0.2, 0) is 22.6 Å². The minimum absolute atomic E-state index is 0.186. The number of aliphatic hydroxyl groups excluding tert-OH is 1. The molecule has 1 fully saturated rings. The largest absolute Gasteiger partial charge is 0.442 e. The van der Waals surface area contributed by atoms with Crippen LogP contribution in [0.3, 0.4) is 0 Å². The van der Waals surface area contributed by atoms with Gasteiger partial charge < -0.3 is 14.6 Å². The summed E-state index contributed by atoms with van der Waals surface area (Å²) in [6.07, 6.45) is -0.674. The lowest BCUT2D eigenvalue weighted by molar-refractivity contribution is -0.0947. The SMILES string of the molecule is CC[C@@H](O)[C@@H](OC(=O)N1C(C)(C)COC1(C)C)[C@H](CC(C)C)N(Cc1ccccc1)Cc1ccccc1. The van der Waals surface area contributed by atoms with E-state index in [1.54, 1.807) is 4.90 Å². The minimum Gasteiger partial charge on any atom is -0.442 e. The van der Waals surface area contributed by atoms with Gasteiger partial charge in [0.1, 0.15) is 11.8 Å². The van der Waals surface area contributed by atoms with Crippen molar-refractivity contribution in [3.63, 3.8) is 0 Å². The Morgan fingerprint density at radius 2 is 1.51 bits per heavy atom. The van der Waals surface area contributed by atoms with Gasteiger partial charge in [0.25, 0.3) is 0 Å². The Bertz CT molecular complexity index is 920. The van der Waals surface area contributed by atoms with Crippen molar-refractivity contribution >= 4 is 6.09 Å². The first-order chi connectivity index (χ1) is 17.4. The molecule has 1 heterocycles. The third-order valence-corrected chi connectivity index (χ3v) is 7.16. The van der Waals surface area contributed by atoms with Crippen molar-refractivity contribution in [2.75, 3.05) is 6.61 Å². The van der Waals surface area contributed by atoms with Gasteiger partial charge in [-0.05, 0) is 57.6 Å². The van der Waals surface area contributed by atoms with Gasteiger partial charge in [0.15, 0.2) is 0 Å². The third kappa shape index (κ3) is 7.56. The van der Waals surface area contributed by atoms with Gasteiger partial charge in [-0.25, -0.2) is 4.79 Å². The number of rotatable bonds is 11. The normalized spacial score (nSPS) is 19.1. The predicted octanol–water partition coefficient (Wildman–Crippen LogP) is 6.23. The second-order valence-electron chi connectivity index (χ2n) is 11.8. The first kappa shape index (κ1) is 29.2. The Morgan fingerprint density at radius 3 is 1.92 bits per heavy atom. The van der Waals surface area contributed by atoms with Crippen LogP contribution in [0.25, 0.3) is 0 Å². The maximum atomic E-state index is 13.7. The lowest BCUT2D eigenvalue weighted by atomic mass is 9.92. The van der Waals surface area contributed by atoms with Gasteiger partial charge in [-0.1, -0.05) is 81.4 Å². The number of hydrogen-bond donors (Lipinski definition) is 1. The molecule has 1 amide bonds. The topological polar surface area (TPSA) is 62.2 Å². The second kappa shape index (κ2) is 12.4. The zero-order valence-electron chi connectivity index (χ0n) is 23.7. The van der Waals surface area contributed by atoms with E-state index in [-0.39, 0.29) is 6.04 Å². The molecule has 0 unspecified atom stereocenters. The molecule has 1 aliphatic rings. The van der Waals surface area contributed by atoms with Gasteiger partial charge >= 0.3 is 6.09 Å². The van der Waals surface area contributed by atoms with Crippen molar-refractivity contribution in [1.82, 2.24) is 9.80 Å². The van der Waals surface area contributed by atoms with Gasteiger partial charge in [0, 0.05) is 13.1 Å². The molecule has 204 valence electrons. The summed E-state index contributed by atoms with van der Waals surface area (Å²) in [7, 11) is 0. The van der Waals surface area contributed by atoms with Crippen molar-refractivity contribution in [1.29, 1.82) is 0 Å². The summed E-state index contributed by atoms with van der Waals surface area (Å²) < 4.78 is 12.2. The molecule has 0 saturated carbocycles. The first-order valence-electron chi connectivity index (χ1n) is 13.6. The van der Waals surface area contributed by atoms with Crippen LogP contribution < -0.4 is 0 Å². The van der Waals surface area contributed by atoms with Crippen molar-refractivity contribution < 1.29 is 19.4 Å². The van der Waals surface area contributed by atoms with Crippen molar-refractivity contribution in [2.24, 2.45) is 5.92 Å². The quantitative estimate of drug-likeness (QED) is 0.388. The summed E-state index contributed by atoms with van der Waals surface area (Å²) in [6, 6.07) is 20.5. The molecule has 0 spiro atoms. The average molecular weight is 511 g/mol. The highest BCUT2D eigenvalue weighted by molar-refractivity contribution is 5.70. The Balaban J connectivity index is 1.99. The smallest absolute Gasteiger partial charge is 0.413 e. The van der Waals surface area contributed by atoms with Crippen LogP contribution in [0.2, 0.25) is 0 Å². The van der Waals surface area contributed by atoms with Crippen LogP contribution in [0, 0.1) is 5.92 Å². The molecule has 3 atom stereocenters. The van der Waals surface area contributed by atoms with E-state index in [1.807, 2.05) is 71.0 Å². The fourth-order valence-electron chi connectivity index (χ4n) is 5.39. The molecule has 2 aromatic carbocycles. The molecular weight excluding hydrogens is 464 g/mol. The van der Waals surface area contributed by atoms with Gasteiger partial charge in [-0.2, -0.15) is 0 Å². The number of carbonyl (C=O) groups is 1. The summed E-state index contributed by atoms with van der Waals surface area (Å²) in [6.45, 7) is 15.8. The highest BCUT2D eigenvalue weighted by Gasteiger charge is 2.51. The van der Waals surface area contributed by atoms with Crippen LogP contribution in [0.15, 0.2) is 60.7 Å². The van der Waals surface area contributed by atoms with Crippen LogP contribution in [0.4, 0.5) is 4.79 Å². The molecule has 6 heteroatoms. The fourth-order valence-corrected chi connectivity index (χ4v) is 5.39. The number of hydrogen-bond acceptors (Lipinski definition) is 5. The number of aliphatic hydroxyl groups is 1. The summed E-state index contributed by atoms with van der Waals surface area (Å²) in [5.41, 5.74) is 1.06. The molecule has 37 heavy (non-hydrogen) atoms. The number of benzene rings is 2. The predicted molar refractivity (Wildman–Crippen MR) is 148 cm³/mol. The summed E-state index contributed by atoms with van der Waals surface area (Å²) >= 11 is 0. The fraction of sp³-hybridized carbons (Fsp3) is 0.581. The molecule has 2 aromatic rings. The monoisotopic (exact) mass is 510 g/mol. The standard InChI is InChI=1S/C31H46N2O4/c1-8-27(34)28(37-29(35)33-30(4,5)22-36-31(33,6)7)26(19-23(2)3)32(20-24-15-11-9-12-16-24)21-25-17-13-10-14-18-25/h9-18,23,26-28,34H,8,19-22H2,1-7H3/t26-,27+,28-/m0/s1. The minimum atomic E-state index is -0.795. The molecule has 1 N–H and O–H groups in total. The van der Waals surface area contributed by atoms with E-state index < -0.39 is 29.6 Å². The molecule has 6 nitrogen and oxygen atoms in total. The number of ether oxygens (including phenoxy) is 2. The average Bonchev–Trinajstić information content (AvgIpc) is 3.08. The molecule has 0 radical (unpaired) electrons. The molecule has 3 rings (SSSR count). The highest BCUT2D eigenvalue weighted by Crippen LogP contribution is 2.36. The number of nitrogens with zero attached hydrogens (tertiary/aromatic N) is 2. The van der Waals surface area contributed by atoms with E-state index in [0.717, 1.165) is 6.42 Å². The van der Waals surface area contributed by atoms with E-state index in [0.29, 0.717) is 32.0 Å². The molecule has 0 aromatic heterocycles. The van der Waals surface area contributed by atoms with E-state index >= 15 is 0 Å². The maximum Gasteiger partial charge on any atom is 0.413 e. The Labute approximate surface area is 223 Å². The maximum absolute atomic E-state index is 13.7. The van der Waals surface area contributed by atoms with E-state index in [1.165, 1.54) is 11.1 Å². The number of carbonyl (C=O) groups excluding carboxylic acids is 1. The zero-order valence-corrected chi connectivity index (χ0v) is 23.7. The summed E-state index contributed by atoms with van der Waals surface area (Å²) in [5.74, 6) is 0.340. The first-order valence-corrected chi connectivity index (χ1v) is 13.6. The van der Waals surface area contributed by atoms with E-state index in [2.05, 4.69) is 43.0 Å². The van der Waals surface area contributed by atoms with Crippen molar-refractivity contribution in [3.05, 3.63) is 71.8 Å². The molecule has 1 aliphatic heterocycles. The van der Waals surface area contributed by atoms with Crippen molar-refractivity contribution in [3.8, 4) is 0 Å². The summed E-state index contributed by atoms with van der Waals surface area (Å²) in [5, 5.41) is 11.3. The Hall–Kier alpha value is -2.41.